The summed E-state index contributed by atoms with van der Waals surface area (Å²) in [6, 6.07) is 0. The summed E-state index contributed by atoms with van der Waals surface area (Å²) in [7, 11) is -3.49. The molecule has 2 aliphatic heterocycles. The maximum atomic E-state index is 12.1. The van der Waals surface area contributed by atoms with E-state index in [2.05, 4.69) is 0 Å². The van der Waals surface area contributed by atoms with E-state index in [-0.39, 0.29) is 12.7 Å². The van der Waals surface area contributed by atoms with Crippen LogP contribution in [0, 0.1) is 5.92 Å². The molecule has 1 saturated carbocycles. The van der Waals surface area contributed by atoms with E-state index >= 15 is 0 Å². The molecule has 2 saturated heterocycles. The van der Waals surface area contributed by atoms with Gasteiger partial charge in [0.05, 0.1) is 18.4 Å². The lowest BCUT2D eigenvalue weighted by Crippen LogP contribution is -2.53. The average molecular weight is 291 g/mol. The van der Waals surface area contributed by atoms with Crippen LogP contribution in [0.5, 0.6) is 0 Å². The number of fused-ring (bicyclic) bond motifs is 1. The van der Waals surface area contributed by atoms with Gasteiger partial charge in [0, 0.05) is 6.54 Å². The zero-order valence-corrected chi connectivity index (χ0v) is 12.6. The number of amides is 1. The maximum Gasteiger partial charge on any atom is 0.410 e. The van der Waals surface area contributed by atoms with Crippen molar-refractivity contribution in [2.24, 2.45) is 5.92 Å². The minimum absolute atomic E-state index is 0.0293. The molecule has 3 rings (SSSR count). The highest BCUT2D eigenvalue weighted by molar-refractivity contribution is 7.85. The van der Waals surface area contributed by atoms with Gasteiger partial charge in [-0.3, -0.25) is 9.08 Å². The van der Waals surface area contributed by atoms with Gasteiger partial charge in [0.25, 0.3) is 10.1 Å². The van der Waals surface area contributed by atoms with Crippen molar-refractivity contribution in [2.75, 3.05) is 19.4 Å². The molecule has 0 atom stereocenters. The van der Waals surface area contributed by atoms with Crippen molar-refractivity contribution in [3.63, 3.8) is 0 Å². The second kappa shape index (κ2) is 4.34. The lowest BCUT2D eigenvalue weighted by molar-refractivity contribution is -0.00477. The molecule has 6 nitrogen and oxygen atoms in total. The molecular weight excluding hydrogens is 270 g/mol. The summed E-state index contributed by atoms with van der Waals surface area (Å²) in [5, 5.41) is 0. The molecule has 0 aromatic carbocycles. The molecule has 0 radical (unpaired) electrons. The fourth-order valence-corrected chi connectivity index (χ4v) is 3.25. The molecule has 0 N–H and O–H groups in total. The van der Waals surface area contributed by atoms with E-state index in [4.69, 9.17) is 8.92 Å². The van der Waals surface area contributed by atoms with Crippen LogP contribution in [0.15, 0.2) is 0 Å². The smallest absolute Gasteiger partial charge is 0.410 e. The van der Waals surface area contributed by atoms with Gasteiger partial charge in [-0.15, -0.1) is 0 Å². The molecule has 1 aliphatic carbocycles. The fourth-order valence-electron chi connectivity index (χ4n) is 2.81. The molecule has 1 amide bonds. The number of nitrogens with zero attached hydrogens (tertiary/aromatic N) is 1. The molecule has 0 aromatic heterocycles. The van der Waals surface area contributed by atoms with Crippen LogP contribution in [-0.2, 0) is 19.0 Å². The Morgan fingerprint density at radius 1 is 1.37 bits per heavy atom. The zero-order valence-electron chi connectivity index (χ0n) is 11.8. The second-order valence-corrected chi connectivity index (χ2v) is 8.20. The molecule has 7 heteroatoms. The first-order valence-electron chi connectivity index (χ1n) is 6.36. The fraction of sp³-hybridized carbons (Fsp3) is 0.917. The normalized spacial score (nSPS) is 30.1. The van der Waals surface area contributed by atoms with Gasteiger partial charge in [-0.05, 0) is 39.5 Å². The molecule has 0 unspecified atom stereocenters. The van der Waals surface area contributed by atoms with Crippen molar-refractivity contribution in [1.29, 1.82) is 0 Å². The van der Waals surface area contributed by atoms with Gasteiger partial charge in [0.2, 0.25) is 0 Å². The van der Waals surface area contributed by atoms with Crippen molar-refractivity contribution in [3.05, 3.63) is 0 Å². The number of carbonyl (C=O) groups excluding carboxylic acids is 1. The van der Waals surface area contributed by atoms with Crippen molar-refractivity contribution in [2.45, 2.75) is 44.8 Å². The van der Waals surface area contributed by atoms with Crippen LogP contribution in [0.3, 0.4) is 0 Å². The first-order chi connectivity index (χ1) is 8.51. The van der Waals surface area contributed by atoms with E-state index in [1.165, 1.54) is 0 Å². The van der Waals surface area contributed by atoms with Crippen molar-refractivity contribution < 1.29 is 22.1 Å². The molecule has 19 heavy (non-hydrogen) atoms. The van der Waals surface area contributed by atoms with E-state index < -0.39 is 21.3 Å². The maximum absolute atomic E-state index is 12.1. The first-order valence-corrected chi connectivity index (χ1v) is 8.17. The molecule has 110 valence electrons. The van der Waals surface area contributed by atoms with Crippen LogP contribution in [0.1, 0.15) is 33.6 Å². The van der Waals surface area contributed by atoms with E-state index in [0.717, 1.165) is 19.1 Å². The van der Waals surface area contributed by atoms with Gasteiger partial charge in [-0.25, -0.2) is 4.79 Å². The highest BCUT2D eigenvalue weighted by atomic mass is 32.2. The summed E-state index contributed by atoms with van der Waals surface area (Å²) in [6.07, 6.45) is 2.22. The lowest BCUT2D eigenvalue weighted by atomic mass is 9.74. The third-order valence-corrected chi connectivity index (χ3v) is 4.05. The molecule has 3 fully saturated rings. The van der Waals surface area contributed by atoms with E-state index in [9.17, 15) is 13.2 Å². The minimum atomic E-state index is -3.49. The highest BCUT2D eigenvalue weighted by Gasteiger charge is 2.59. The number of rotatable bonds is 3. The topological polar surface area (TPSA) is 72.9 Å². The quantitative estimate of drug-likeness (QED) is 0.734. The highest BCUT2D eigenvalue weighted by Crippen LogP contribution is 2.51. The predicted molar refractivity (Wildman–Crippen MR) is 69.2 cm³/mol. The Bertz CT molecular complexity index is 473. The van der Waals surface area contributed by atoms with Crippen LogP contribution in [0.25, 0.3) is 0 Å². The van der Waals surface area contributed by atoms with Gasteiger partial charge in [-0.1, -0.05) is 0 Å². The van der Waals surface area contributed by atoms with Crippen LogP contribution in [0.2, 0.25) is 0 Å². The number of carbonyl (C=O) groups is 1. The lowest BCUT2D eigenvalue weighted by Gasteiger charge is -2.41. The largest absolute Gasteiger partial charge is 0.444 e. The Kier molecular flexibility index (Phi) is 3.33. The Labute approximate surface area is 114 Å². The predicted octanol–water partition coefficient (Wildman–Crippen LogP) is 1.36. The Morgan fingerprint density at radius 3 is 2.42 bits per heavy atom. The first kappa shape index (κ1) is 14.6. The number of hydrogen-bond donors (Lipinski definition) is 0. The van der Waals surface area contributed by atoms with Crippen LogP contribution < -0.4 is 0 Å². The average Bonchev–Trinajstić information content (AvgIpc) is 2.63. The summed E-state index contributed by atoms with van der Waals surface area (Å²) in [6.45, 7) is 6.09. The minimum Gasteiger partial charge on any atom is -0.444 e. The molecule has 0 aromatic rings. The van der Waals surface area contributed by atoms with E-state index in [1.807, 2.05) is 20.8 Å². The van der Waals surface area contributed by atoms with Crippen molar-refractivity contribution in [1.82, 2.24) is 4.90 Å². The second-order valence-electron chi connectivity index (χ2n) is 6.56. The molecule has 0 spiro atoms. The van der Waals surface area contributed by atoms with E-state index in [1.54, 1.807) is 4.90 Å². The summed E-state index contributed by atoms with van der Waals surface area (Å²) < 4.78 is 32.4. The SMILES string of the molecule is CC(C)(C)OC(=O)N1CC2CC1(COS(C)(=O)=O)C2. The van der Waals surface area contributed by atoms with Gasteiger partial charge in [0.1, 0.15) is 5.60 Å². The Balaban J connectivity index is 2.03. The van der Waals surface area contributed by atoms with Gasteiger partial charge in [-0.2, -0.15) is 8.42 Å². The monoisotopic (exact) mass is 291 g/mol. The number of hydrogen-bond acceptors (Lipinski definition) is 5. The van der Waals surface area contributed by atoms with Gasteiger partial charge >= 0.3 is 6.09 Å². The van der Waals surface area contributed by atoms with Gasteiger partial charge < -0.3 is 4.74 Å². The summed E-state index contributed by atoms with van der Waals surface area (Å²) in [4.78, 5) is 13.8. The molecular formula is C12H21NO5S. The Morgan fingerprint density at radius 2 is 1.95 bits per heavy atom. The van der Waals surface area contributed by atoms with Crippen LogP contribution >= 0.6 is 0 Å². The Hall–Kier alpha value is -0.820. The third kappa shape index (κ3) is 3.20. The standard InChI is InChI=1S/C12H21NO5S/c1-11(2,3)18-10(14)13-7-9-5-12(13,6-9)8-17-19(4,15)16/h9H,5-8H2,1-4H3. The number of ether oxygens (including phenoxy) is 1. The van der Waals surface area contributed by atoms with Crippen molar-refractivity contribution in [3.8, 4) is 0 Å². The van der Waals surface area contributed by atoms with Crippen LogP contribution in [0.4, 0.5) is 4.79 Å². The molecule has 3 aliphatic rings. The van der Waals surface area contributed by atoms with Crippen molar-refractivity contribution >= 4 is 16.2 Å². The van der Waals surface area contributed by atoms with E-state index in [0.29, 0.717) is 12.5 Å². The summed E-state index contributed by atoms with van der Waals surface area (Å²) >= 11 is 0. The van der Waals surface area contributed by atoms with Gasteiger partial charge in [0.15, 0.2) is 0 Å². The summed E-state index contributed by atoms with van der Waals surface area (Å²) in [5.74, 6) is 0.440. The zero-order chi connectivity index (χ0) is 14.5. The molecule has 2 bridgehead atoms. The molecule has 2 heterocycles. The van der Waals surface area contributed by atoms with Crippen LogP contribution in [-0.4, -0.2) is 50.0 Å². The third-order valence-electron chi connectivity index (χ3n) is 3.51. The summed E-state index contributed by atoms with van der Waals surface area (Å²) in [5.41, 5.74) is -1.04.